The van der Waals surface area contributed by atoms with Crippen LogP contribution in [-0.4, -0.2) is 34.5 Å². The molecule has 1 aromatic heterocycles. The maximum atomic E-state index is 12.5. The van der Waals surface area contributed by atoms with Crippen LogP contribution in [0, 0.1) is 6.92 Å². The summed E-state index contributed by atoms with van der Waals surface area (Å²) >= 11 is 1.34. The lowest BCUT2D eigenvalue weighted by Crippen LogP contribution is -2.37. The molecular weight excluding hydrogens is 274 g/mol. The number of hydrogen-bond donors (Lipinski definition) is 1. The first kappa shape index (κ1) is 16.4. The van der Waals surface area contributed by atoms with Crippen molar-refractivity contribution in [3.05, 3.63) is 27.5 Å². The zero-order chi connectivity index (χ0) is 15.3. The molecule has 0 aliphatic carbocycles. The molecule has 0 aliphatic heterocycles. The number of carboxylic acids is 1. The number of rotatable bonds is 6. The third-order valence-electron chi connectivity index (χ3n) is 3.27. The van der Waals surface area contributed by atoms with Crippen LogP contribution >= 0.6 is 11.3 Å². The van der Waals surface area contributed by atoms with Gasteiger partial charge >= 0.3 is 5.97 Å². The third-order valence-corrected chi connectivity index (χ3v) is 4.46. The molecule has 0 aliphatic rings. The Labute approximate surface area is 123 Å². The van der Waals surface area contributed by atoms with Gasteiger partial charge in [-0.3, -0.25) is 4.79 Å². The minimum atomic E-state index is -0.986. The number of thiophene rings is 1. The fourth-order valence-electron chi connectivity index (χ4n) is 1.93. The van der Waals surface area contributed by atoms with E-state index in [4.69, 9.17) is 5.11 Å². The van der Waals surface area contributed by atoms with Crippen molar-refractivity contribution in [3.8, 4) is 0 Å². The molecule has 0 saturated carbocycles. The zero-order valence-electron chi connectivity index (χ0n) is 12.3. The molecule has 1 heterocycles. The Kier molecular flexibility index (Phi) is 5.95. The van der Waals surface area contributed by atoms with Crippen LogP contribution in [0.3, 0.4) is 0 Å². The summed E-state index contributed by atoms with van der Waals surface area (Å²) in [5.74, 6) is -0.967. The molecule has 5 heteroatoms. The van der Waals surface area contributed by atoms with Gasteiger partial charge < -0.3 is 10.0 Å². The van der Waals surface area contributed by atoms with Crippen LogP contribution in [0.15, 0.2) is 12.1 Å². The number of carbonyl (C=O) groups excluding carboxylic acids is 1. The first-order valence-corrected chi connectivity index (χ1v) is 7.54. The van der Waals surface area contributed by atoms with Crippen molar-refractivity contribution in [1.82, 2.24) is 4.90 Å². The van der Waals surface area contributed by atoms with Crippen LogP contribution in [0.2, 0.25) is 0 Å². The Morgan fingerprint density at radius 2 is 2.10 bits per heavy atom. The van der Waals surface area contributed by atoms with Crippen molar-refractivity contribution < 1.29 is 14.7 Å². The lowest BCUT2D eigenvalue weighted by atomic mass is 10.2. The topological polar surface area (TPSA) is 57.6 Å². The number of aryl methyl sites for hydroxylation is 1. The van der Waals surface area contributed by atoms with Crippen LogP contribution in [0.25, 0.3) is 6.08 Å². The van der Waals surface area contributed by atoms with E-state index < -0.39 is 5.97 Å². The molecule has 20 heavy (non-hydrogen) atoms. The summed E-state index contributed by atoms with van der Waals surface area (Å²) in [6, 6.07) is 2.03. The second kappa shape index (κ2) is 7.24. The molecule has 1 amide bonds. The number of carbonyl (C=O) groups is 2. The number of amides is 1. The molecule has 0 spiro atoms. The average Bonchev–Trinajstić information content (AvgIpc) is 2.78. The number of hydrogen-bond acceptors (Lipinski definition) is 3. The molecule has 1 aromatic rings. The monoisotopic (exact) mass is 295 g/mol. The van der Waals surface area contributed by atoms with Crippen molar-refractivity contribution in [1.29, 1.82) is 0 Å². The Hall–Kier alpha value is -1.62. The molecule has 0 saturated heterocycles. The summed E-state index contributed by atoms with van der Waals surface area (Å²) in [7, 11) is 0. The standard InChI is InChI=1S/C15H21NO3S/c1-5-11(4)16(6-2)15(19)13-9-10(3)12(20-13)7-8-14(17)18/h7-9,11H,5-6H2,1-4H3,(H,17,18)/b8-7+. The van der Waals surface area contributed by atoms with Crippen LogP contribution in [0.4, 0.5) is 0 Å². The molecule has 4 nitrogen and oxygen atoms in total. The van der Waals surface area contributed by atoms with Crippen LogP contribution < -0.4 is 0 Å². The number of aliphatic carboxylic acids is 1. The predicted octanol–water partition coefficient (Wildman–Crippen LogP) is 3.41. The number of nitrogens with zero attached hydrogens (tertiary/aromatic N) is 1. The summed E-state index contributed by atoms with van der Waals surface area (Å²) in [4.78, 5) is 26.3. The fourth-order valence-corrected chi connectivity index (χ4v) is 2.96. The zero-order valence-corrected chi connectivity index (χ0v) is 13.2. The fraction of sp³-hybridized carbons (Fsp3) is 0.467. The average molecular weight is 295 g/mol. The van der Waals surface area contributed by atoms with Gasteiger partial charge in [-0.05, 0) is 44.9 Å². The second-order valence-electron chi connectivity index (χ2n) is 4.68. The van der Waals surface area contributed by atoms with E-state index in [2.05, 4.69) is 6.92 Å². The highest BCUT2D eigenvalue weighted by Crippen LogP contribution is 2.25. The van der Waals surface area contributed by atoms with E-state index >= 15 is 0 Å². The summed E-state index contributed by atoms with van der Waals surface area (Å²) in [5.41, 5.74) is 0.927. The van der Waals surface area contributed by atoms with Gasteiger partial charge in [-0.1, -0.05) is 6.92 Å². The lowest BCUT2D eigenvalue weighted by Gasteiger charge is -2.26. The summed E-state index contributed by atoms with van der Waals surface area (Å²) in [5, 5.41) is 8.66. The maximum Gasteiger partial charge on any atom is 0.328 e. The molecule has 0 aromatic carbocycles. The Bertz CT molecular complexity index is 519. The first-order valence-electron chi connectivity index (χ1n) is 6.73. The number of carboxylic acid groups (broad SMARTS) is 1. The van der Waals surface area contributed by atoms with E-state index in [1.807, 2.05) is 31.7 Å². The Morgan fingerprint density at radius 3 is 2.60 bits per heavy atom. The van der Waals surface area contributed by atoms with E-state index in [9.17, 15) is 9.59 Å². The molecule has 0 radical (unpaired) electrons. The molecule has 1 atom stereocenters. The van der Waals surface area contributed by atoms with Crippen molar-refractivity contribution >= 4 is 29.3 Å². The van der Waals surface area contributed by atoms with Gasteiger partial charge in [-0.15, -0.1) is 11.3 Å². The molecule has 1 N–H and O–H groups in total. The molecule has 1 rings (SSSR count). The van der Waals surface area contributed by atoms with Crippen molar-refractivity contribution in [3.63, 3.8) is 0 Å². The highest BCUT2D eigenvalue weighted by Gasteiger charge is 2.21. The molecular formula is C15H21NO3S. The van der Waals surface area contributed by atoms with Gasteiger partial charge in [0, 0.05) is 23.5 Å². The molecule has 110 valence electrons. The van der Waals surface area contributed by atoms with E-state index in [0.29, 0.717) is 11.4 Å². The van der Waals surface area contributed by atoms with E-state index in [0.717, 1.165) is 22.9 Å². The van der Waals surface area contributed by atoms with E-state index in [-0.39, 0.29) is 11.9 Å². The van der Waals surface area contributed by atoms with Gasteiger partial charge in [0.05, 0.1) is 4.88 Å². The highest BCUT2D eigenvalue weighted by atomic mass is 32.1. The molecule has 0 bridgehead atoms. The van der Waals surface area contributed by atoms with Crippen molar-refractivity contribution in [2.24, 2.45) is 0 Å². The summed E-state index contributed by atoms with van der Waals surface area (Å²) in [6.07, 6.45) is 3.55. The van der Waals surface area contributed by atoms with E-state index in [1.54, 1.807) is 6.08 Å². The van der Waals surface area contributed by atoms with Gasteiger partial charge in [0.1, 0.15) is 0 Å². The van der Waals surface area contributed by atoms with Gasteiger partial charge in [0.15, 0.2) is 0 Å². The van der Waals surface area contributed by atoms with Gasteiger partial charge in [-0.2, -0.15) is 0 Å². The molecule has 0 fully saturated rings. The first-order chi connectivity index (χ1) is 9.40. The largest absolute Gasteiger partial charge is 0.478 e. The van der Waals surface area contributed by atoms with Crippen molar-refractivity contribution in [2.45, 2.75) is 40.2 Å². The quantitative estimate of drug-likeness (QED) is 0.818. The van der Waals surface area contributed by atoms with Crippen LogP contribution in [-0.2, 0) is 4.79 Å². The predicted molar refractivity (Wildman–Crippen MR) is 82.2 cm³/mol. The normalized spacial score (nSPS) is 12.6. The minimum absolute atomic E-state index is 0.0184. The maximum absolute atomic E-state index is 12.5. The lowest BCUT2D eigenvalue weighted by molar-refractivity contribution is -0.131. The Morgan fingerprint density at radius 1 is 1.45 bits per heavy atom. The third kappa shape index (κ3) is 3.93. The smallest absolute Gasteiger partial charge is 0.328 e. The van der Waals surface area contributed by atoms with Gasteiger partial charge in [0.25, 0.3) is 5.91 Å². The van der Waals surface area contributed by atoms with Gasteiger partial charge in [0.2, 0.25) is 0 Å². The van der Waals surface area contributed by atoms with Crippen LogP contribution in [0.1, 0.15) is 47.3 Å². The SMILES string of the molecule is CCC(C)N(CC)C(=O)c1cc(C)c(/C=C/C(=O)O)s1. The highest BCUT2D eigenvalue weighted by molar-refractivity contribution is 7.15. The minimum Gasteiger partial charge on any atom is -0.478 e. The van der Waals surface area contributed by atoms with Crippen LogP contribution in [0.5, 0.6) is 0 Å². The van der Waals surface area contributed by atoms with Crippen molar-refractivity contribution in [2.75, 3.05) is 6.54 Å². The summed E-state index contributed by atoms with van der Waals surface area (Å²) in [6.45, 7) is 8.61. The van der Waals surface area contributed by atoms with E-state index in [1.165, 1.54) is 11.3 Å². The Balaban J connectivity index is 3.00. The second-order valence-corrected chi connectivity index (χ2v) is 5.76. The summed E-state index contributed by atoms with van der Waals surface area (Å²) < 4.78 is 0. The molecule has 1 unspecified atom stereocenters. The van der Waals surface area contributed by atoms with Gasteiger partial charge in [-0.25, -0.2) is 4.79 Å².